The molecule has 0 unspecified atom stereocenters. The molecule has 2 atom stereocenters. The molecule has 134 valence electrons. The van der Waals surface area contributed by atoms with Crippen LogP contribution in [0.15, 0.2) is 28.8 Å². The number of aryl methyl sites for hydroxylation is 1. The van der Waals surface area contributed by atoms with Crippen LogP contribution in [0.1, 0.15) is 44.1 Å². The second-order valence-corrected chi connectivity index (χ2v) is 7.74. The fourth-order valence-electron chi connectivity index (χ4n) is 3.26. The van der Waals surface area contributed by atoms with Crippen molar-refractivity contribution in [2.24, 2.45) is 5.92 Å². The molecular weight excluding hydrogens is 334 g/mol. The van der Waals surface area contributed by atoms with Crippen LogP contribution in [-0.2, 0) is 10.5 Å². The average molecular weight is 359 g/mol. The predicted molar refractivity (Wildman–Crippen MR) is 100 cm³/mol. The first-order valence-corrected chi connectivity index (χ1v) is 10.0. The Morgan fingerprint density at radius 1 is 1.32 bits per heavy atom. The second kappa shape index (κ2) is 8.52. The lowest BCUT2D eigenvalue weighted by molar-refractivity contribution is -0.119. The zero-order chi connectivity index (χ0) is 17.6. The first-order valence-electron chi connectivity index (χ1n) is 8.89. The van der Waals surface area contributed by atoms with Crippen LogP contribution in [0.25, 0.3) is 11.4 Å². The second-order valence-electron chi connectivity index (χ2n) is 6.76. The van der Waals surface area contributed by atoms with Crippen LogP contribution in [0.5, 0.6) is 0 Å². The number of hydrogen-bond donors (Lipinski definition) is 1. The van der Waals surface area contributed by atoms with Crippen LogP contribution in [-0.4, -0.2) is 27.8 Å². The number of rotatable bonds is 6. The summed E-state index contributed by atoms with van der Waals surface area (Å²) in [5, 5.41) is 7.22. The highest BCUT2D eigenvalue weighted by Crippen LogP contribution is 2.24. The van der Waals surface area contributed by atoms with Crippen molar-refractivity contribution in [2.75, 3.05) is 5.75 Å². The maximum atomic E-state index is 12.1. The average Bonchev–Trinajstić information content (AvgIpc) is 3.06. The van der Waals surface area contributed by atoms with Crippen molar-refractivity contribution in [3.05, 3.63) is 35.7 Å². The Balaban J connectivity index is 1.46. The van der Waals surface area contributed by atoms with Gasteiger partial charge in [-0.25, -0.2) is 0 Å². The molecule has 1 fully saturated rings. The molecule has 1 aliphatic carbocycles. The van der Waals surface area contributed by atoms with E-state index in [1.807, 2.05) is 31.2 Å². The lowest BCUT2D eigenvalue weighted by Crippen LogP contribution is -2.41. The molecule has 1 N–H and O–H groups in total. The van der Waals surface area contributed by atoms with E-state index in [-0.39, 0.29) is 5.91 Å². The van der Waals surface area contributed by atoms with E-state index in [1.165, 1.54) is 31.0 Å². The highest BCUT2D eigenvalue weighted by atomic mass is 32.2. The molecule has 3 rings (SSSR count). The molecule has 1 aromatic carbocycles. The molecule has 0 aliphatic heterocycles. The zero-order valence-corrected chi connectivity index (χ0v) is 15.6. The summed E-state index contributed by atoms with van der Waals surface area (Å²) in [5.74, 6) is 2.81. The van der Waals surface area contributed by atoms with Crippen molar-refractivity contribution in [2.45, 2.75) is 51.3 Å². The van der Waals surface area contributed by atoms with Crippen molar-refractivity contribution < 1.29 is 9.32 Å². The molecule has 2 aromatic rings. The summed E-state index contributed by atoms with van der Waals surface area (Å²) < 4.78 is 5.31. The smallest absolute Gasteiger partial charge is 0.236 e. The molecule has 0 bridgehead atoms. The number of carbonyl (C=O) groups is 1. The molecule has 1 saturated carbocycles. The highest BCUT2D eigenvalue weighted by molar-refractivity contribution is 7.99. The fourth-order valence-corrected chi connectivity index (χ4v) is 3.92. The van der Waals surface area contributed by atoms with E-state index in [2.05, 4.69) is 22.4 Å². The molecule has 0 saturated heterocycles. The van der Waals surface area contributed by atoms with Crippen LogP contribution < -0.4 is 5.32 Å². The van der Waals surface area contributed by atoms with Crippen LogP contribution >= 0.6 is 11.8 Å². The van der Waals surface area contributed by atoms with Gasteiger partial charge in [-0.2, -0.15) is 4.98 Å². The topological polar surface area (TPSA) is 68.0 Å². The molecule has 1 aliphatic rings. The summed E-state index contributed by atoms with van der Waals surface area (Å²) in [6, 6.07) is 8.29. The summed E-state index contributed by atoms with van der Waals surface area (Å²) in [6.45, 7) is 4.25. The number of benzene rings is 1. The van der Waals surface area contributed by atoms with E-state index in [0.717, 1.165) is 17.5 Å². The lowest BCUT2D eigenvalue weighted by Gasteiger charge is -2.29. The number of amides is 1. The molecule has 1 aromatic heterocycles. The van der Waals surface area contributed by atoms with Crippen molar-refractivity contribution in [1.29, 1.82) is 0 Å². The largest absolute Gasteiger partial charge is 0.352 e. The van der Waals surface area contributed by atoms with Crippen LogP contribution in [0.3, 0.4) is 0 Å². The Hall–Kier alpha value is -1.82. The van der Waals surface area contributed by atoms with E-state index in [9.17, 15) is 4.79 Å². The normalized spacial score (nSPS) is 20.4. The van der Waals surface area contributed by atoms with Gasteiger partial charge in [-0.15, -0.1) is 11.8 Å². The van der Waals surface area contributed by atoms with Gasteiger partial charge in [-0.05, 0) is 31.2 Å². The third-order valence-corrected chi connectivity index (χ3v) is 5.69. The first kappa shape index (κ1) is 18.0. The quantitative estimate of drug-likeness (QED) is 0.845. The molecule has 5 nitrogen and oxygen atoms in total. The third-order valence-electron chi connectivity index (χ3n) is 4.77. The molecule has 0 radical (unpaired) electrons. The summed E-state index contributed by atoms with van der Waals surface area (Å²) in [5.41, 5.74) is 2.09. The number of hydrogen-bond acceptors (Lipinski definition) is 5. The molecule has 1 heterocycles. The van der Waals surface area contributed by atoms with Gasteiger partial charge in [0.05, 0.1) is 11.5 Å². The molecule has 1 amide bonds. The van der Waals surface area contributed by atoms with Crippen molar-refractivity contribution >= 4 is 17.7 Å². The molecule has 25 heavy (non-hydrogen) atoms. The monoisotopic (exact) mass is 359 g/mol. The number of nitrogens with zero attached hydrogens (tertiary/aromatic N) is 2. The Kier molecular flexibility index (Phi) is 6.13. The molecule has 0 spiro atoms. The minimum absolute atomic E-state index is 0.0994. The molecular formula is C19H25N3O2S. The van der Waals surface area contributed by atoms with Crippen molar-refractivity contribution in [3.8, 4) is 11.4 Å². The first-order chi connectivity index (χ1) is 12.1. The fraction of sp³-hybridized carbons (Fsp3) is 0.526. The molecule has 6 heteroatoms. The minimum atomic E-state index is 0.0994. The highest BCUT2D eigenvalue weighted by Gasteiger charge is 2.22. The van der Waals surface area contributed by atoms with Crippen molar-refractivity contribution in [1.82, 2.24) is 15.5 Å². The van der Waals surface area contributed by atoms with E-state index < -0.39 is 0 Å². The van der Waals surface area contributed by atoms with Gasteiger partial charge in [-0.3, -0.25) is 4.79 Å². The predicted octanol–water partition coefficient (Wildman–Crippen LogP) is 3.97. The third kappa shape index (κ3) is 4.84. The number of nitrogens with one attached hydrogen (secondary N) is 1. The maximum Gasteiger partial charge on any atom is 0.236 e. The van der Waals surface area contributed by atoms with E-state index in [1.54, 1.807) is 0 Å². The minimum Gasteiger partial charge on any atom is -0.352 e. The Morgan fingerprint density at radius 3 is 2.92 bits per heavy atom. The summed E-state index contributed by atoms with van der Waals surface area (Å²) in [4.78, 5) is 16.6. The van der Waals surface area contributed by atoms with Gasteiger partial charge in [0.2, 0.25) is 17.6 Å². The van der Waals surface area contributed by atoms with Gasteiger partial charge in [-0.1, -0.05) is 49.2 Å². The van der Waals surface area contributed by atoms with Crippen LogP contribution in [0, 0.1) is 12.8 Å². The number of aromatic nitrogens is 2. The van der Waals surface area contributed by atoms with Gasteiger partial charge in [0.15, 0.2) is 0 Å². The SMILES string of the molecule is Cc1ccccc1-c1noc(CSCC(=O)N[C@H]2CCCC[C@@H]2C)n1. The van der Waals surface area contributed by atoms with Gasteiger partial charge >= 0.3 is 0 Å². The van der Waals surface area contributed by atoms with E-state index in [0.29, 0.717) is 35.2 Å². The van der Waals surface area contributed by atoms with Gasteiger partial charge in [0, 0.05) is 11.6 Å². The van der Waals surface area contributed by atoms with E-state index >= 15 is 0 Å². The summed E-state index contributed by atoms with van der Waals surface area (Å²) in [7, 11) is 0. The lowest BCUT2D eigenvalue weighted by atomic mass is 9.86. The van der Waals surface area contributed by atoms with Crippen molar-refractivity contribution in [3.63, 3.8) is 0 Å². The Labute approximate surface area is 153 Å². The van der Waals surface area contributed by atoms with Gasteiger partial charge < -0.3 is 9.84 Å². The van der Waals surface area contributed by atoms with Crippen LogP contribution in [0.2, 0.25) is 0 Å². The summed E-state index contributed by atoms with van der Waals surface area (Å²) >= 11 is 1.51. The zero-order valence-electron chi connectivity index (χ0n) is 14.8. The Bertz CT molecular complexity index is 716. The maximum absolute atomic E-state index is 12.1. The van der Waals surface area contributed by atoms with Crippen LogP contribution in [0.4, 0.5) is 0 Å². The van der Waals surface area contributed by atoms with E-state index in [4.69, 9.17) is 4.52 Å². The Morgan fingerprint density at radius 2 is 2.12 bits per heavy atom. The summed E-state index contributed by atoms with van der Waals surface area (Å²) in [6.07, 6.45) is 4.80. The number of thioether (sulfide) groups is 1. The number of carbonyl (C=O) groups excluding carboxylic acids is 1. The standard InChI is InChI=1S/C19H25N3O2S/c1-13-7-3-5-9-15(13)19-21-18(24-22-19)12-25-11-17(23)20-16-10-6-4-8-14(16)2/h3,5,7,9,14,16H,4,6,8,10-12H2,1-2H3,(H,20,23)/t14-,16-/m0/s1. The van der Waals surface area contributed by atoms with Gasteiger partial charge in [0.1, 0.15) is 0 Å². The van der Waals surface area contributed by atoms with Gasteiger partial charge in [0.25, 0.3) is 0 Å².